The molecule has 1 N–H and O–H groups in total. The third-order valence-electron chi connectivity index (χ3n) is 3.03. The molecule has 1 fully saturated rings. The van der Waals surface area contributed by atoms with Crippen LogP contribution in [-0.4, -0.2) is 50.6 Å². The molecule has 18 heavy (non-hydrogen) atoms. The normalized spacial score (nSPS) is 23.1. The van der Waals surface area contributed by atoms with Crippen molar-refractivity contribution in [3.63, 3.8) is 0 Å². The molecule has 1 amide bonds. The van der Waals surface area contributed by atoms with Crippen LogP contribution in [0.5, 0.6) is 0 Å². The number of rotatable bonds is 2. The van der Waals surface area contributed by atoms with Gasteiger partial charge in [0.05, 0.1) is 17.8 Å². The van der Waals surface area contributed by atoms with Crippen LogP contribution in [0.3, 0.4) is 0 Å². The molecule has 0 aromatic carbocycles. The molecule has 1 aliphatic heterocycles. The van der Waals surface area contributed by atoms with E-state index in [4.69, 9.17) is 5.11 Å². The van der Waals surface area contributed by atoms with Crippen molar-refractivity contribution in [3.05, 3.63) is 23.8 Å². The van der Waals surface area contributed by atoms with Crippen LogP contribution in [0.1, 0.15) is 22.5 Å². The van der Waals surface area contributed by atoms with Crippen molar-refractivity contribution >= 4 is 11.9 Å². The summed E-state index contributed by atoms with van der Waals surface area (Å²) in [6.45, 7) is 1.29. The quantitative estimate of drug-likeness (QED) is 0.826. The number of carboxylic acid groups (broad SMARTS) is 1. The molecule has 6 nitrogen and oxygen atoms in total. The van der Waals surface area contributed by atoms with E-state index in [-0.39, 0.29) is 18.5 Å². The van der Waals surface area contributed by atoms with Crippen molar-refractivity contribution in [1.29, 1.82) is 0 Å². The first-order valence-electron chi connectivity index (χ1n) is 5.42. The monoisotopic (exact) mass is 253 g/mol. The molecule has 96 valence electrons. The largest absolute Gasteiger partial charge is 0.479 e. The summed E-state index contributed by atoms with van der Waals surface area (Å²) in [5, 5.41) is 8.76. The fraction of sp³-hybridized carbons (Fsp3) is 0.455. The number of halogens is 1. The Morgan fingerprint density at radius 2 is 2.28 bits per heavy atom. The van der Waals surface area contributed by atoms with Gasteiger partial charge in [0, 0.05) is 19.2 Å². The van der Waals surface area contributed by atoms with Crippen molar-refractivity contribution in [3.8, 4) is 0 Å². The Kier molecular flexibility index (Phi) is 2.98. The smallest absolute Gasteiger partial charge is 0.343 e. The molecular formula is C11H12FN3O3. The third-order valence-corrected chi connectivity index (χ3v) is 3.03. The Labute approximate surface area is 102 Å². The summed E-state index contributed by atoms with van der Waals surface area (Å²) in [4.78, 5) is 31.6. The number of carboxylic acids is 1. The summed E-state index contributed by atoms with van der Waals surface area (Å²) >= 11 is 0. The van der Waals surface area contributed by atoms with Crippen LogP contribution in [0.15, 0.2) is 12.5 Å². The second-order valence-corrected chi connectivity index (χ2v) is 4.27. The zero-order valence-electron chi connectivity index (χ0n) is 9.76. The van der Waals surface area contributed by atoms with Gasteiger partial charge in [0.25, 0.3) is 5.91 Å². The van der Waals surface area contributed by atoms with Gasteiger partial charge in [0.15, 0.2) is 0 Å². The summed E-state index contributed by atoms with van der Waals surface area (Å²) in [6, 6.07) is 0. The van der Waals surface area contributed by atoms with E-state index in [2.05, 4.69) is 9.97 Å². The molecule has 0 radical (unpaired) electrons. The number of alkyl halides is 1. The van der Waals surface area contributed by atoms with Gasteiger partial charge in [0.1, 0.15) is 6.33 Å². The van der Waals surface area contributed by atoms with E-state index in [0.29, 0.717) is 5.69 Å². The van der Waals surface area contributed by atoms with E-state index < -0.39 is 24.1 Å². The van der Waals surface area contributed by atoms with E-state index in [1.807, 2.05) is 0 Å². The first-order chi connectivity index (χ1) is 8.44. The van der Waals surface area contributed by atoms with E-state index in [9.17, 15) is 14.0 Å². The zero-order chi connectivity index (χ0) is 13.3. The summed E-state index contributed by atoms with van der Waals surface area (Å²) in [5.74, 6) is -1.97. The predicted octanol–water partition coefficient (Wildman–Crippen LogP) is 0.424. The number of hydrogen-bond acceptors (Lipinski definition) is 4. The standard InChI is InChI=1S/C11H12FN3O3/c1-7-8(4-13-6-14-7)9(16)15-3-2-11(12,5-15)10(17)18/h4,6H,2-3,5H2,1H3,(H,17,18)/t11-/m1/s1. The molecule has 0 aliphatic carbocycles. The van der Waals surface area contributed by atoms with Gasteiger partial charge in [-0.05, 0) is 6.92 Å². The third kappa shape index (κ3) is 2.03. The highest BCUT2D eigenvalue weighted by Gasteiger charge is 2.47. The highest BCUT2D eigenvalue weighted by molar-refractivity contribution is 5.95. The fourth-order valence-corrected chi connectivity index (χ4v) is 1.89. The van der Waals surface area contributed by atoms with Crippen molar-refractivity contribution in [1.82, 2.24) is 14.9 Å². The number of nitrogens with zero attached hydrogens (tertiary/aromatic N) is 3. The molecule has 0 spiro atoms. The molecule has 1 aromatic rings. The Morgan fingerprint density at radius 1 is 1.56 bits per heavy atom. The van der Waals surface area contributed by atoms with E-state index in [0.717, 1.165) is 0 Å². The number of hydrogen-bond donors (Lipinski definition) is 1. The van der Waals surface area contributed by atoms with E-state index in [1.165, 1.54) is 17.4 Å². The summed E-state index contributed by atoms with van der Waals surface area (Å²) in [5.41, 5.74) is -1.59. The molecule has 1 aromatic heterocycles. The first-order valence-corrected chi connectivity index (χ1v) is 5.42. The van der Waals surface area contributed by atoms with Crippen molar-refractivity contribution in [2.75, 3.05) is 13.1 Å². The molecule has 0 unspecified atom stereocenters. The minimum atomic E-state index is -2.35. The van der Waals surface area contributed by atoms with E-state index in [1.54, 1.807) is 6.92 Å². The van der Waals surface area contributed by atoms with Gasteiger partial charge in [-0.15, -0.1) is 0 Å². The average Bonchev–Trinajstić information content (AvgIpc) is 2.73. The highest BCUT2D eigenvalue weighted by atomic mass is 19.1. The molecule has 2 heterocycles. The maximum absolute atomic E-state index is 13.8. The number of aromatic nitrogens is 2. The lowest BCUT2D eigenvalue weighted by Gasteiger charge is -2.18. The van der Waals surface area contributed by atoms with Crippen molar-refractivity contribution in [2.24, 2.45) is 0 Å². The van der Waals surface area contributed by atoms with Crippen LogP contribution in [0, 0.1) is 6.92 Å². The maximum Gasteiger partial charge on any atom is 0.343 e. The van der Waals surface area contributed by atoms with Gasteiger partial charge in [-0.3, -0.25) is 4.79 Å². The van der Waals surface area contributed by atoms with Crippen LogP contribution in [-0.2, 0) is 4.79 Å². The van der Waals surface area contributed by atoms with Gasteiger partial charge in [-0.25, -0.2) is 19.2 Å². The maximum atomic E-state index is 13.8. The zero-order valence-corrected chi connectivity index (χ0v) is 9.76. The summed E-state index contributed by atoms with van der Waals surface area (Å²) in [6.07, 6.45) is 2.47. The fourth-order valence-electron chi connectivity index (χ4n) is 1.89. The van der Waals surface area contributed by atoms with E-state index >= 15 is 0 Å². The lowest BCUT2D eigenvalue weighted by Crippen LogP contribution is -2.39. The average molecular weight is 253 g/mol. The number of aliphatic carboxylic acids is 1. The number of amides is 1. The number of carbonyl (C=O) groups excluding carboxylic acids is 1. The Morgan fingerprint density at radius 3 is 2.83 bits per heavy atom. The van der Waals surface area contributed by atoms with Crippen LogP contribution < -0.4 is 0 Å². The van der Waals surface area contributed by atoms with Gasteiger partial charge < -0.3 is 10.0 Å². The minimum absolute atomic E-state index is 0.0793. The molecule has 0 saturated carbocycles. The highest BCUT2D eigenvalue weighted by Crippen LogP contribution is 2.27. The van der Waals surface area contributed by atoms with Crippen LogP contribution in [0.4, 0.5) is 4.39 Å². The first kappa shape index (κ1) is 12.4. The number of carbonyl (C=O) groups is 2. The second-order valence-electron chi connectivity index (χ2n) is 4.27. The van der Waals surface area contributed by atoms with Crippen LogP contribution in [0.2, 0.25) is 0 Å². The summed E-state index contributed by atoms with van der Waals surface area (Å²) in [7, 11) is 0. The molecular weight excluding hydrogens is 241 g/mol. The lowest BCUT2D eigenvalue weighted by molar-refractivity contribution is -0.149. The lowest BCUT2D eigenvalue weighted by atomic mass is 10.1. The Bertz CT molecular complexity index is 508. The minimum Gasteiger partial charge on any atom is -0.479 e. The number of aryl methyl sites for hydroxylation is 1. The molecule has 1 aliphatic rings. The van der Waals surface area contributed by atoms with Gasteiger partial charge in [0.2, 0.25) is 5.67 Å². The van der Waals surface area contributed by atoms with Gasteiger partial charge >= 0.3 is 5.97 Å². The molecule has 2 rings (SSSR count). The molecule has 7 heteroatoms. The van der Waals surface area contributed by atoms with Crippen LogP contribution >= 0.6 is 0 Å². The van der Waals surface area contributed by atoms with Crippen LogP contribution in [0.25, 0.3) is 0 Å². The Hall–Kier alpha value is -2.05. The molecule has 1 saturated heterocycles. The number of likely N-dealkylation sites (tertiary alicyclic amines) is 1. The summed E-state index contributed by atoms with van der Waals surface area (Å²) < 4.78 is 13.8. The van der Waals surface area contributed by atoms with Gasteiger partial charge in [-0.2, -0.15) is 0 Å². The van der Waals surface area contributed by atoms with Crippen molar-refractivity contribution < 1.29 is 19.1 Å². The molecule has 0 bridgehead atoms. The topological polar surface area (TPSA) is 83.4 Å². The van der Waals surface area contributed by atoms with Gasteiger partial charge in [-0.1, -0.05) is 0 Å². The van der Waals surface area contributed by atoms with Crippen molar-refractivity contribution in [2.45, 2.75) is 19.0 Å². The molecule has 1 atom stereocenters. The second kappa shape index (κ2) is 4.32. The Balaban J connectivity index is 2.18. The SMILES string of the molecule is Cc1ncncc1C(=O)N1CC[C@](F)(C(=O)O)C1. The predicted molar refractivity (Wildman–Crippen MR) is 58.8 cm³/mol.